The molecular weight excluding hydrogens is 358 g/mol. The SMILES string of the molecule is O=C(O)C1CCCCN1C(=O)C1CCN(S(=O)(=O)c2cccnc2)CC1. The van der Waals surface area contributed by atoms with Crippen LogP contribution in [0.5, 0.6) is 0 Å². The summed E-state index contributed by atoms with van der Waals surface area (Å²) in [5.74, 6) is -1.44. The van der Waals surface area contributed by atoms with Gasteiger partial charge in [0.15, 0.2) is 0 Å². The molecule has 0 saturated carbocycles. The van der Waals surface area contributed by atoms with Crippen LogP contribution < -0.4 is 0 Å². The Balaban J connectivity index is 1.65. The first-order chi connectivity index (χ1) is 12.4. The number of carboxylic acid groups (broad SMARTS) is 1. The summed E-state index contributed by atoms with van der Waals surface area (Å²) in [6.45, 7) is 0.961. The summed E-state index contributed by atoms with van der Waals surface area (Å²) in [5.41, 5.74) is 0. The van der Waals surface area contributed by atoms with Crippen molar-refractivity contribution >= 4 is 21.9 Å². The van der Waals surface area contributed by atoms with Gasteiger partial charge in [0.25, 0.3) is 0 Å². The first-order valence-electron chi connectivity index (χ1n) is 8.84. The molecule has 8 nitrogen and oxygen atoms in total. The molecule has 1 N–H and O–H groups in total. The summed E-state index contributed by atoms with van der Waals surface area (Å²) >= 11 is 0. The smallest absolute Gasteiger partial charge is 0.326 e. The molecule has 1 aromatic rings. The van der Waals surface area contributed by atoms with Gasteiger partial charge in [0.1, 0.15) is 10.9 Å². The lowest BCUT2D eigenvalue weighted by Crippen LogP contribution is -2.52. The number of hydrogen-bond acceptors (Lipinski definition) is 5. The normalized spacial score (nSPS) is 22.9. The molecule has 0 bridgehead atoms. The summed E-state index contributed by atoms with van der Waals surface area (Å²) in [6.07, 6.45) is 5.74. The highest BCUT2D eigenvalue weighted by atomic mass is 32.2. The Morgan fingerprint density at radius 2 is 1.85 bits per heavy atom. The maximum absolute atomic E-state index is 12.8. The van der Waals surface area contributed by atoms with Gasteiger partial charge < -0.3 is 10.0 Å². The molecule has 0 spiro atoms. The maximum Gasteiger partial charge on any atom is 0.326 e. The lowest BCUT2D eigenvalue weighted by Gasteiger charge is -2.38. The average Bonchev–Trinajstić information content (AvgIpc) is 2.68. The Morgan fingerprint density at radius 3 is 2.46 bits per heavy atom. The van der Waals surface area contributed by atoms with Crippen LogP contribution in [0.3, 0.4) is 0 Å². The van der Waals surface area contributed by atoms with Crippen LogP contribution >= 0.6 is 0 Å². The first kappa shape index (κ1) is 18.8. The maximum atomic E-state index is 12.8. The molecule has 2 fully saturated rings. The summed E-state index contributed by atoms with van der Waals surface area (Å²) in [7, 11) is -3.61. The second kappa shape index (κ2) is 7.71. The van der Waals surface area contributed by atoms with Crippen molar-refractivity contribution in [2.24, 2.45) is 5.92 Å². The minimum Gasteiger partial charge on any atom is -0.480 e. The summed E-state index contributed by atoms with van der Waals surface area (Å²) in [6, 6.07) is 2.32. The third kappa shape index (κ3) is 3.73. The van der Waals surface area contributed by atoms with Gasteiger partial charge in [-0.1, -0.05) is 0 Å². The van der Waals surface area contributed by atoms with Crippen molar-refractivity contribution in [1.82, 2.24) is 14.2 Å². The molecule has 2 aliphatic rings. The molecule has 1 unspecified atom stereocenters. The molecule has 0 aliphatic carbocycles. The number of aromatic nitrogens is 1. The van der Waals surface area contributed by atoms with Gasteiger partial charge >= 0.3 is 5.97 Å². The number of rotatable bonds is 4. The van der Waals surface area contributed by atoms with E-state index < -0.39 is 22.0 Å². The van der Waals surface area contributed by atoms with E-state index in [0.717, 1.165) is 12.8 Å². The standard InChI is InChI=1S/C17H23N3O5S/c21-16(20-9-2-1-5-15(20)17(22)23)13-6-10-19(11-7-13)26(24,25)14-4-3-8-18-12-14/h3-4,8,12-13,15H,1-2,5-7,9-11H2,(H,22,23). The van der Waals surface area contributed by atoms with Crippen LogP contribution in [-0.2, 0) is 19.6 Å². The minimum absolute atomic E-state index is 0.145. The second-order valence-electron chi connectivity index (χ2n) is 6.75. The number of nitrogens with zero attached hydrogens (tertiary/aromatic N) is 3. The van der Waals surface area contributed by atoms with Crippen LogP contribution in [0.2, 0.25) is 0 Å². The number of pyridine rings is 1. The highest BCUT2D eigenvalue weighted by molar-refractivity contribution is 7.89. The fourth-order valence-corrected chi connectivity index (χ4v) is 5.11. The Kier molecular flexibility index (Phi) is 5.57. The van der Waals surface area contributed by atoms with Gasteiger partial charge in [-0.2, -0.15) is 4.31 Å². The number of likely N-dealkylation sites (tertiary alicyclic amines) is 1. The summed E-state index contributed by atoms with van der Waals surface area (Å²) in [4.78, 5) is 29.7. The van der Waals surface area contributed by atoms with Gasteiger partial charge in [0.2, 0.25) is 15.9 Å². The van der Waals surface area contributed by atoms with Gasteiger partial charge in [-0.25, -0.2) is 13.2 Å². The zero-order valence-electron chi connectivity index (χ0n) is 14.5. The quantitative estimate of drug-likeness (QED) is 0.832. The van der Waals surface area contributed by atoms with Crippen LogP contribution in [0, 0.1) is 5.92 Å². The van der Waals surface area contributed by atoms with Crippen LogP contribution in [-0.4, -0.2) is 65.3 Å². The van der Waals surface area contributed by atoms with E-state index in [1.165, 1.54) is 27.7 Å². The Labute approximate surface area is 152 Å². The molecule has 142 valence electrons. The molecule has 2 saturated heterocycles. The van der Waals surface area contributed by atoms with E-state index in [4.69, 9.17) is 0 Å². The van der Waals surface area contributed by atoms with E-state index in [1.54, 1.807) is 6.07 Å². The third-order valence-electron chi connectivity index (χ3n) is 5.15. The predicted molar refractivity (Wildman–Crippen MR) is 92.7 cm³/mol. The first-order valence-corrected chi connectivity index (χ1v) is 10.3. The predicted octanol–water partition coefficient (Wildman–Crippen LogP) is 0.948. The van der Waals surface area contributed by atoms with Crippen molar-refractivity contribution in [3.05, 3.63) is 24.5 Å². The topological polar surface area (TPSA) is 108 Å². The van der Waals surface area contributed by atoms with E-state index in [1.807, 2.05) is 0 Å². The van der Waals surface area contributed by atoms with Gasteiger partial charge in [-0.05, 0) is 44.2 Å². The Bertz CT molecular complexity index is 760. The molecule has 1 aromatic heterocycles. The van der Waals surface area contributed by atoms with E-state index in [2.05, 4.69) is 4.98 Å². The zero-order valence-corrected chi connectivity index (χ0v) is 15.3. The van der Waals surface area contributed by atoms with Crippen molar-refractivity contribution < 1.29 is 23.1 Å². The molecule has 3 heterocycles. The average molecular weight is 381 g/mol. The largest absolute Gasteiger partial charge is 0.480 e. The molecular formula is C17H23N3O5S. The van der Waals surface area contributed by atoms with Crippen LogP contribution in [0.4, 0.5) is 0 Å². The number of piperidine rings is 2. The molecule has 9 heteroatoms. The molecule has 1 atom stereocenters. The van der Waals surface area contributed by atoms with Gasteiger partial charge in [0.05, 0.1) is 0 Å². The zero-order chi connectivity index (χ0) is 18.7. The third-order valence-corrected chi connectivity index (χ3v) is 7.03. The second-order valence-corrected chi connectivity index (χ2v) is 8.69. The highest BCUT2D eigenvalue weighted by Crippen LogP contribution is 2.27. The highest BCUT2D eigenvalue weighted by Gasteiger charge is 2.38. The van der Waals surface area contributed by atoms with Gasteiger partial charge in [-0.3, -0.25) is 9.78 Å². The fourth-order valence-electron chi connectivity index (χ4n) is 3.68. The minimum atomic E-state index is -3.61. The van der Waals surface area contributed by atoms with Crippen molar-refractivity contribution in [2.75, 3.05) is 19.6 Å². The Morgan fingerprint density at radius 1 is 1.12 bits per heavy atom. The number of hydrogen-bond donors (Lipinski definition) is 1. The van der Waals surface area contributed by atoms with E-state index >= 15 is 0 Å². The lowest BCUT2D eigenvalue weighted by molar-refractivity contribution is -0.154. The molecule has 26 heavy (non-hydrogen) atoms. The summed E-state index contributed by atoms with van der Waals surface area (Å²) < 4.78 is 26.6. The number of aliphatic carboxylic acids is 1. The number of carbonyl (C=O) groups is 2. The van der Waals surface area contributed by atoms with Crippen molar-refractivity contribution in [1.29, 1.82) is 0 Å². The Hall–Kier alpha value is -2.00. The van der Waals surface area contributed by atoms with Crippen molar-refractivity contribution in [3.63, 3.8) is 0 Å². The number of carbonyl (C=O) groups excluding carboxylic acids is 1. The number of amides is 1. The number of sulfonamides is 1. The molecule has 3 rings (SSSR count). The molecule has 2 aliphatic heterocycles. The van der Waals surface area contributed by atoms with Crippen molar-refractivity contribution in [3.8, 4) is 0 Å². The van der Waals surface area contributed by atoms with E-state index in [9.17, 15) is 23.1 Å². The monoisotopic (exact) mass is 381 g/mol. The fraction of sp³-hybridized carbons (Fsp3) is 0.588. The van der Waals surface area contributed by atoms with Crippen LogP contribution in [0.25, 0.3) is 0 Å². The van der Waals surface area contributed by atoms with Gasteiger partial charge in [0, 0.05) is 37.9 Å². The van der Waals surface area contributed by atoms with Crippen molar-refractivity contribution in [2.45, 2.75) is 43.0 Å². The molecule has 0 radical (unpaired) electrons. The lowest BCUT2D eigenvalue weighted by atomic mass is 9.93. The van der Waals surface area contributed by atoms with E-state index in [-0.39, 0.29) is 29.8 Å². The summed E-state index contributed by atoms with van der Waals surface area (Å²) in [5, 5.41) is 9.34. The van der Waals surface area contributed by atoms with Crippen LogP contribution in [0.15, 0.2) is 29.4 Å². The molecule has 0 aromatic carbocycles. The van der Waals surface area contributed by atoms with Gasteiger partial charge in [-0.15, -0.1) is 0 Å². The van der Waals surface area contributed by atoms with Crippen LogP contribution in [0.1, 0.15) is 32.1 Å². The number of carboxylic acids is 1. The molecule has 1 amide bonds. The van der Waals surface area contributed by atoms with E-state index in [0.29, 0.717) is 25.8 Å².